The van der Waals surface area contributed by atoms with Crippen molar-refractivity contribution in [2.45, 2.75) is 0 Å². The highest BCUT2D eigenvalue weighted by atomic mass is 79.9. The number of ether oxygens (including phenoxy) is 1. The molecular weight excluding hydrogens is 302 g/mol. The first-order valence-corrected chi connectivity index (χ1v) is 5.77. The van der Waals surface area contributed by atoms with Gasteiger partial charge < -0.3 is 9.84 Å². The second-order valence-electron chi connectivity index (χ2n) is 3.44. The van der Waals surface area contributed by atoms with Crippen molar-refractivity contribution in [3.8, 4) is 17.2 Å². The molecule has 18 heavy (non-hydrogen) atoms. The van der Waals surface area contributed by atoms with Crippen LogP contribution in [0, 0.1) is 10.1 Å². The Morgan fingerprint density at radius 2 is 1.89 bits per heavy atom. The first kappa shape index (κ1) is 12.4. The molecule has 0 aliphatic heterocycles. The molecule has 0 aromatic heterocycles. The van der Waals surface area contributed by atoms with Crippen molar-refractivity contribution in [2.75, 3.05) is 0 Å². The van der Waals surface area contributed by atoms with Crippen LogP contribution in [0.4, 0.5) is 5.69 Å². The molecule has 2 aromatic rings. The van der Waals surface area contributed by atoms with Crippen molar-refractivity contribution < 1.29 is 14.8 Å². The zero-order valence-electron chi connectivity index (χ0n) is 9.04. The lowest BCUT2D eigenvalue weighted by Gasteiger charge is -2.07. The van der Waals surface area contributed by atoms with Gasteiger partial charge in [0, 0.05) is 10.5 Å². The number of hydrogen-bond acceptors (Lipinski definition) is 4. The number of halogens is 1. The van der Waals surface area contributed by atoms with Crippen molar-refractivity contribution in [1.82, 2.24) is 0 Å². The minimum absolute atomic E-state index is 0.0738. The number of phenolic OH excluding ortho intramolecular Hbond substituents is 1. The van der Waals surface area contributed by atoms with Gasteiger partial charge >= 0.3 is 5.69 Å². The SMILES string of the molecule is O=[N+]([O-])c1cc(Br)ccc1Oc1ccccc1O. The summed E-state index contributed by atoms with van der Waals surface area (Å²) in [6.45, 7) is 0. The molecular formula is C12H8BrNO4. The van der Waals surface area contributed by atoms with Crippen LogP contribution in [0.2, 0.25) is 0 Å². The summed E-state index contributed by atoms with van der Waals surface area (Å²) in [5.74, 6) is 0.169. The standard InChI is InChI=1S/C12H8BrNO4/c13-8-5-6-11(9(7-8)14(16)17)18-12-4-2-1-3-10(12)15/h1-7,15H. The second kappa shape index (κ2) is 5.05. The number of para-hydroxylation sites is 2. The van der Waals surface area contributed by atoms with Crippen LogP contribution < -0.4 is 4.74 Å². The molecule has 0 unspecified atom stereocenters. The predicted molar refractivity (Wildman–Crippen MR) is 69.0 cm³/mol. The number of nitro groups is 1. The molecule has 6 heteroatoms. The van der Waals surface area contributed by atoms with E-state index in [4.69, 9.17) is 4.74 Å². The average Bonchev–Trinajstić information content (AvgIpc) is 2.34. The number of nitrogens with zero attached hydrogens (tertiary/aromatic N) is 1. The zero-order valence-corrected chi connectivity index (χ0v) is 10.6. The van der Waals surface area contributed by atoms with Crippen molar-refractivity contribution in [1.29, 1.82) is 0 Å². The van der Waals surface area contributed by atoms with Crippen LogP contribution in [0.1, 0.15) is 0 Å². The molecule has 0 saturated heterocycles. The molecule has 0 spiro atoms. The van der Waals surface area contributed by atoms with E-state index < -0.39 is 4.92 Å². The van der Waals surface area contributed by atoms with Crippen molar-refractivity contribution in [3.05, 3.63) is 57.1 Å². The number of hydrogen-bond donors (Lipinski definition) is 1. The summed E-state index contributed by atoms with van der Waals surface area (Å²) in [7, 11) is 0. The Hall–Kier alpha value is -2.08. The van der Waals surface area contributed by atoms with Crippen molar-refractivity contribution in [2.24, 2.45) is 0 Å². The third kappa shape index (κ3) is 2.60. The van der Waals surface area contributed by atoms with Crippen LogP contribution in [0.25, 0.3) is 0 Å². The van der Waals surface area contributed by atoms with E-state index in [2.05, 4.69) is 15.9 Å². The third-order valence-corrected chi connectivity index (χ3v) is 2.70. The maximum Gasteiger partial charge on any atom is 0.312 e. The van der Waals surface area contributed by atoms with E-state index in [9.17, 15) is 15.2 Å². The van der Waals surface area contributed by atoms with Crippen molar-refractivity contribution >= 4 is 21.6 Å². The summed E-state index contributed by atoms with van der Waals surface area (Å²) >= 11 is 3.16. The highest BCUT2D eigenvalue weighted by Crippen LogP contribution is 2.36. The number of benzene rings is 2. The number of rotatable bonds is 3. The number of phenols is 1. The highest BCUT2D eigenvalue weighted by molar-refractivity contribution is 9.10. The predicted octanol–water partition coefficient (Wildman–Crippen LogP) is 3.86. The maximum absolute atomic E-state index is 10.9. The fourth-order valence-corrected chi connectivity index (χ4v) is 1.73. The summed E-state index contributed by atoms with van der Waals surface area (Å²) in [4.78, 5) is 10.3. The smallest absolute Gasteiger partial charge is 0.312 e. The van der Waals surface area contributed by atoms with Crippen molar-refractivity contribution in [3.63, 3.8) is 0 Å². The minimum atomic E-state index is -0.542. The Morgan fingerprint density at radius 3 is 2.56 bits per heavy atom. The molecule has 1 N–H and O–H groups in total. The largest absolute Gasteiger partial charge is 0.504 e. The first-order chi connectivity index (χ1) is 8.58. The molecule has 0 aliphatic carbocycles. The third-order valence-electron chi connectivity index (χ3n) is 2.20. The van der Waals surface area contributed by atoms with Gasteiger partial charge in [-0.25, -0.2) is 0 Å². The normalized spacial score (nSPS) is 10.1. The van der Waals surface area contributed by atoms with Gasteiger partial charge in [-0.3, -0.25) is 10.1 Å². The van der Waals surface area contributed by atoms with Crippen LogP contribution in [0.5, 0.6) is 17.2 Å². The van der Waals surface area contributed by atoms with E-state index in [1.165, 1.54) is 24.3 Å². The van der Waals surface area contributed by atoms with E-state index in [0.29, 0.717) is 4.47 Å². The Kier molecular flexibility index (Phi) is 3.47. The average molecular weight is 310 g/mol. The minimum Gasteiger partial charge on any atom is -0.504 e. The molecule has 2 aromatic carbocycles. The molecule has 0 amide bonds. The lowest BCUT2D eigenvalue weighted by Crippen LogP contribution is -1.93. The molecule has 0 aliphatic rings. The van der Waals surface area contributed by atoms with Gasteiger partial charge in [-0.15, -0.1) is 0 Å². The molecule has 92 valence electrons. The Bertz CT molecular complexity index is 600. The Balaban J connectivity index is 2.41. The maximum atomic E-state index is 10.9. The lowest BCUT2D eigenvalue weighted by atomic mass is 10.3. The lowest BCUT2D eigenvalue weighted by molar-refractivity contribution is -0.385. The fourth-order valence-electron chi connectivity index (χ4n) is 1.38. The zero-order chi connectivity index (χ0) is 13.1. The summed E-state index contributed by atoms with van der Waals surface area (Å²) in [6, 6.07) is 10.7. The molecule has 0 heterocycles. The Labute approximate surface area is 111 Å². The van der Waals surface area contributed by atoms with E-state index in [0.717, 1.165) is 0 Å². The van der Waals surface area contributed by atoms with E-state index in [-0.39, 0.29) is 22.9 Å². The fraction of sp³-hybridized carbons (Fsp3) is 0. The van der Waals surface area contributed by atoms with Crippen LogP contribution in [-0.4, -0.2) is 10.0 Å². The van der Waals surface area contributed by atoms with Gasteiger partial charge in [0.15, 0.2) is 11.5 Å². The molecule has 0 saturated carbocycles. The van der Waals surface area contributed by atoms with Crippen LogP contribution >= 0.6 is 15.9 Å². The molecule has 0 fully saturated rings. The molecule has 2 rings (SSSR count). The van der Waals surface area contributed by atoms with Crippen LogP contribution in [0.15, 0.2) is 46.9 Å². The summed E-state index contributed by atoms with van der Waals surface area (Å²) in [5, 5.41) is 20.4. The Morgan fingerprint density at radius 1 is 1.17 bits per heavy atom. The van der Waals surface area contributed by atoms with Crippen LogP contribution in [0.3, 0.4) is 0 Å². The molecule has 0 radical (unpaired) electrons. The van der Waals surface area contributed by atoms with Gasteiger partial charge in [0.25, 0.3) is 0 Å². The van der Waals surface area contributed by atoms with Gasteiger partial charge in [0.2, 0.25) is 5.75 Å². The van der Waals surface area contributed by atoms with E-state index in [1.807, 2.05) is 0 Å². The van der Waals surface area contributed by atoms with Gasteiger partial charge in [-0.1, -0.05) is 28.1 Å². The van der Waals surface area contributed by atoms with Crippen LogP contribution in [-0.2, 0) is 0 Å². The highest BCUT2D eigenvalue weighted by Gasteiger charge is 2.17. The van der Waals surface area contributed by atoms with E-state index >= 15 is 0 Å². The summed E-state index contributed by atoms with van der Waals surface area (Å²) in [5.41, 5.74) is -0.173. The topological polar surface area (TPSA) is 72.6 Å². The molecule has 5 nitrogen and oxygen atoms in total. The quantitative estimate of drug-likeness (QED) is 0.690. The number of aromatic hydroxyl groups is 1. The second-order valence-corrected chi connectivity index (χ2v) is 4.35. The van der Waals surface area contributed by atoms with Gasteiger partial charge in [0.05, 0.1) is 4.92 Å². The molecule has 0 bridgehead atoms. The first-order valence-electron chi connectivity index (χ1n) is 4.97. The summed E-state index contributed by atoms with van der Waals surface area (Å²) in [6.07, 6.45) is 0. The van der Waals surface area contributed by atoms with E-state index in [1.54, 1.807) is 18.2 Å². The van der Waals surface area contributed by atoms with Gasteiger partial charge in [0.1, 0.15) is 0 Å². The van der Waals surface area contributed by atoms with Gasteiger partial charge in [-0.2, -0.15) is 0 Å². The number of nitro benzene ring substituents is 1. The van der Waals surface area contributed by atoms with Gasteiger partial charge in [-0.05, 0) is 24.3 Å². The molecule has 0 atom stereocenters. The monoisotopic (exact) mass is 309 g/mol. The summed E-state index contributed by atoms with van der Waals surface area (Å²) < 4.78 is 5.93.